The van der Waals surface area contributed by atoms with E-state index in [1.165, 1.54) is 0 Å². The summed E-state index contributed by atoms with van der Waals surface area (Å²) in [6.07, 6.45) is 4.18. The molecule has 1 fully saturated rings. The molecule has 1 amide bonds. The van der Waals surface area contributed by atoms with E-state index in [-0.39, 0.29) is 34.4 Å². The molecule has 3 heterocycles. The number of hydrogen-bond donors (Lipinski definition) is 2. The Hall–Kier alpha value is -2.47. The number of piperidine rings is 1. The number of nitrogens with one attached hydrogen (secondary N) is 1. The number of carbonyl (C=O) groups excluding carboxylic acids is 1. The van der Waals surface area contributed by atoms with Crippen molar-refractivity contribution in [1.82, 2.24) is 24.3 Å². The number of aliphatic hydroxyl groups excluding tert-OH is 1. The molecule has 36 heavy (non-hydrogen) atoms. The summed E-state index contributed by atoms with van der Waals surface area (Å²) in [5.41, 5.74) is 1.36. The standard InChI is InChI=1S/C25H37N5O5S/c1-18(2)24(32)30-9-7-25(8-10-30)16-28(3)15-21(31)13-27-36(33,34)23-6-5-19(11-22(23)35-17-25)20-12-26-29(4)14-20/h5-6,11-12,14,18,21,27,31H,7-10,13,15-17H2,1-4H3. The number of rotatable bonds is 2. The van der Waals surface area contributed by atoms with Gasteiger partial charge in [-0.2, -0.15) is 5.10 Å². The first-order valence-electron chi connectivity index (χ1n) is 12.4. The summed E-state index contributed by atoms with van der Waals surface area (Å²) in [4.78, 5) is 16.5. The molecule has 0 aliphatic carbocycles. The summed E-state index contributed by atoms with van der Waals surface area (Å²) in [6.45, 7) is 6.26. The van der Waals surface area contributed by atoms with Crippen molar-refractivity contribution in [3.8, 4) is 16.9 Å². The predicted octanol–water partition coefficient (Wildman–Crippen LogP) is 1.32. The van der Waals surface area contributed by atoms with Crippen LogP contribution in [0.5, 0.6) is 5.75 Å². The Morgan fingerprint density at radius 1 is 1.22 bits per heavy atom. The number of likely N-dealkylation sites (tertiary alicyclic amines) is 1. The SMILES string of the molecule is CC(C)C(=O)N1CCC2(CC1)COc1cc(-c3cnn(C)c3)ccc1S(=O)(=O)NCC(O)CN(C)C2. The zero-order valence-electron chi connectivity index (χ0n) is 21.5. The normalized spacial score (nSPS) is 22.9. The van der Waals surface area contributed by atoms with Crippen LogP contribution in [-0.2, 0) is 21.9 Å². The van der Waals surface area contributed by atoms with Crippen molar-refractivity contribution in [2.24, 2.45) is 18.4 Å². The number of fused-ring (bicyclic) bond motifs is 1. The third-order valence-electron chi connectivity index (χ3n) is 7.07. The van der Waals surface area contributed by atoms with Gasteiger partial charge in [-0.25, -0.2) is 13.1 Å². The molecule has 0 radical (unpaired) electrons. The average Bonchev–Trinajstić information content (AvgIpc) is 3.27. The molecule has 2 aliphatic rings. The van der Waals surface area contributed by atoms with Crippen LogP contribution in [0.2, 0.25) is 0 Å². The van der Waals surface area contributed by atoms with Crippen molar-refractivity contribution in [1.29, 1.82) is 0 Å². The maximum Gasteiger partial charge on any atom is 0.244 e. The lowest BCUT2D eigenvalue weighted by molar-refractivity contribution is -0.137. The fourth-order valence-corrected chi connectivity index (χ4v) is 6.28. The topological polar surface area (TPSA) is 117 Å². The Labute approximate surface area is 213 Å². The van der Waals surface area contributed by atoms with Crippen molar-refractivity contribution in [3.63, 3.8) is 0 Å². The van der Waals surface area contributed by atoms with Crippen LogP contribution in [0.15, 0.2) is 35.5 Å². The van der Waals surface area contributed by atoms with Crippen LogP contribution in [0.25, 0.3) is 11.1 Å². The Kier molecular flexibility index (Phi) is 7.75. The van der Waals surface area contributed by atoms with Crippen molar-refractivity contribution >= 4 is 15.9 Å². The van der Waals surface area contributed by atoms with Gasteiger partial charge in [0.2, 0.25) is 15.9 Å². The van der Waals surface area contributed by atoms with Gasteiger partial charge in [-0.05, 0) is 37.6 Å². The van der Waals surface area contributed by atoms with Gasteiger partial charge in [0, 0.05) is 62.9 Å². The molecule has 1 aromatic carbocycles. The molecule has 0 bridgehead atoms. The lowest BCUT2D eigenvalue weighted by atomic mass is 9.78. The van der Waals surface area contributed by atoms with E-state index in [4.69, 9.17) is 4.74 Å². The van der Waals surface area contributed by atoms with Gasteiger partial charge in [-0.1, -0.05) is 19.9 Å². The first-order valence-corrected chi connectivity index (χ1v) is 13.9. The first-order chi connectivity index (χ1) is 17.0. The average molecular weight is 520 g/mol. The van der Waals surface area contributed by atoms with Gasteiger partial charge in [-0.15, -0.1) is 0 Å². The zero-order valence-corrected chi connectivity index (χ0v) is 22.3. The van der Waals surface area contributed by atoms with E-state index in [0.717, 1.165) is 24.0 Å². The molecule has 1 spiro atoms. The Morgan fingerprint density at radius 2 is 1.94 bits per heavy atom. The maximum absolute atomic E-state index is 13.2. The summed E-state index contributed by atoms with van der Waals surface area (Å²) < 4.78 is 36.9. The Morgan fingerprint density at radius 3 is 2.58 bits per heavy atom. The monoisotopic (exact) mass is 519 g/mol. The number of amides is 1. The number of likely N-dealkylation sites (N-methyl/N-ethyl adjacent to an activating group) is 1. The first kappa shape index (κ1) is 26.6. The molecule has 1 unspecified atom stereocenters. The summed E-state index contributed by atoms with van der Waals surface area (Å²) in [5.74, 6) is 0.355. The van der Waals surface area contributed by atoms with E-state index >= 15 is 0 Å². The number of aromatic nitrogens is 2. The molecule has 10 nitrogen and oxygen atoms in total. The second-order valence-electron chi connectivity index (χ2n) is 10.5. The van der Waals surface area contributed by atoms with Gasteiger partial charge in [0.15, 0.2) is 0 Å². The van der Waals surface area contributed by atoms with Crippen LogP contribution >= 0.6 is 0 Å². The number of benzene rings is 1. The van der Waals surface area contributed by atoms with Crippen LogP contribution in [0.4, 0.5) is 0 Å². The lowest BCUT2D eigenvalue weighted by Crippen LogP contribution is -2.52. The smallest absolute Gasteiger partial charge is 0.244 e. The summed E-state index contributed by atoms with van der Waals surface area (Å²) in [6, 6.07) is 5.02. The van der Waals surface area contributed by atoms with E-state index < -0.39 is 16.1 Å². The molecule has 1 atom stereocenters. The third kappa shape index (κ3) is 5.91. The second kappa shape index (κ2) is 10.5. The fourth-order valence-electron chi connectivity index (χ4n) is 5.08. The molecule has 0 saturated carbocycles. The third-order valence-corrected chi connectivity index (χ3v) is 8.53. The van der Waals surface area contributed by atoms with Gasteiger partial charge in [-0.3, -0.25) is 9.48 Å². The quantitative estimate of drug-likeness (QED) is 0.615. The van der Waals surface area contributed by atoms with E-state index in [0.29, 0.717) is 32.8 Å². The van der Waals surface area contributed by atoms with Gasteiger partial charge in [0.05, 0.1) is 18.9 Å². The predicted molar refractivity (Wildman–Crippen MR) is 136 cm³/mol. The second-order valence-corrected chi connectivity index (χ2v) is 12.3. The van der Waals surface area contributed by atoms with Crippen LogP contribution < -0.4 is 9.46 Å². The number of ether oxygens (including phenoxy) is 1. The molecule has 1 aromatic heterocycles. The highest BCUT2D eigenvalue weighted by Gasteiger charge is 2.39. The summed E-state index contributed by atoms with van der Waals surface area (Å²) in [7, 11) is -0.167. The number of β-amino-alcohol motifs (C(OH)–C–C–N with tert-alkyl or cyclic N) is 1. The molecule has 2 aromatic rings. The van der Waals surface area contributed by atoms with Gasteiger partial charge in [0.1, 0.15) is 10.6 Å². The van der Waals surface area contributed by atoms with Crippen molar-refractivity contribution in [3.05, 3.63) is 30.6 Å². The van der Waals surface area contributed by atoms with Gasteiger partial charge < -0.3 is 19.6 Å². The minimum absolute atomic E-state index is 0.0406. The lowest BCUT2D eigenvalue weighted by Gasteiger charge is -2.44. The summed E-state index contributed by atoms with van der Waals surface area (Å²) in [5, 5.41) is 14.8. The fraction of sp³-hybridized carbons (Fsp3) is 0.600. The minimum atomic E-state index is -3.91. The van der Waals surface area contributed by atoms with Crippen LogP contribution in [0.3, 0.4) is 0 Å². The van der Waals surface area contributed by atoms with Crippen molar-refractivity contribution in [2.75, 3.05) is 46.4 Å². The maximum atomic E-state index is 13.2. The van der Waals surface area contributed by atoms with Crippen LogP contribution in [0, 0.1) is 11.3 Å². The van der Waals surface area contributed by atoms with Gasteiger partial charge in [0.25, 0.3) is 0 Å². The number of hydrogen-bond acceptors (Lipinski definition) is 7. The highest BCUT2D eigenvalue weighted by Crippen LogP contribution is 2.37. The largest absolute Gasteiger partial charge is 0.492 e. The van der Waals surface area contributed by atoms with E-state index in [1.54, 1.807) is 29.1 Å². The summed E-state index contributed by atoms with van der Waals surface area (Å²) >= 11 is 0. The minimum Gasteiger partial charge on any atom is -0.492 e. The van der Waals surface area contributed by atoms with E-state index in [2.05, 4.69) is 9.82 Å². The molecule has 4 rings (SSSR count). The van der Waals surface area contributed by atoms with E-state index in [1.807, 2.05) is 43.9 Å². The molecule has 1 saturated heterocycles. The Balaban J connectivity index is 1.68. The van der Waals surface area contributed by atoms with Crippen LogP contribution in [-0.4, -0.2) is 91.5 Å². The van der Waals surface area contributed by atoms with Crippen molar-refractivity contribution in [2.45, 2.75) is 37.7 Å². The number of aryl methyl sites for hydroxylation is 1. The molecular formula is C25H37N5O5S. The van der Waals surface area contributed by atoms with Gasteiger partial charge >= 0.3 is 0 Å². The molecule has 2 aliphatic heterocycles. The molecule has 11 heteroatoms. The number of carbonyl (C=O) groups is 1. The highest BCUT2D eigenvalue weighted by molar-refractivity contribution is 7.89. The molecule has 198 valence electrons. The zero-order chi connectivity index (χ0) is 26.1. The molecule has 2 N–H and O–H groups in total. The Bertz CT molecular complexity index is 1190. The number of nitrogens with zero attached hydrogens (tertiary/aromatic N) is 4. The molecular weight excluding hydrogens is 482 g/mol. The number of sulfonamides is 1. The number of aliphatic hydroxyl groups is 1. The van der Waals surface area contributed by atoms with Crippen molar-refractivity contribution < 1.29 is 23.1 Å². The highest BCUT2D eigenvalue weighted by atomic mass is 32.2. The van der Waals surface area contributed by atoms with E-state index in [9.17, 15) is 18.3 Å². The van der Waals surface area contributed by atoms with Crippen LogP contribution in [0.1, 0.15) is 26.7 Å².